The van der Waals surface area contributed by atoms with Gasteiger partial charge in [0.25, 0.3) is 5.91 Å². The van der Waals surface area contributed by atoms with E-state index in [-0.39, 0.29) is 24.1 Å². The Morgan fingerprint density at radius 3 is 2.87 bits per heavy atom. The van der Waals surface area contributed by atoms with E-state index in [1.54, 1.807) is 6.07 Å². The highest BCUT2D eigenvalue weighted by atomic mass is 35.5. The van der Waals surface area contributed by atoms with Gasteiger partial charge in [0.2, 0.25) is 0 Å². The molecule has 1 aromatic heterocycles. The quantitative estimate of drug-likeness (QED) is 0.883. The summed E-state index contributed by atoms with van der Waals surface area (Å²) >= 11 is 1.42. The predicted molar refractivity (Wildman–Crippen MR) is 95.4 cm³/mol. The first-order valence-electron chi connectivity index (χ1n) is 7.55. The third-order valence-electron chi connectivity index (χ3n) is 4.03. The summed E-state index contributed by atoms with van der Waals surface area (Å²) in [4.78, 5) is 15.4. The highest BCUT2D eigenvalue weighted by Crippen LogP contribution is 2.31. The van der Waals surface area contributed by atoms with Gasteiger partial charge in [0.1, 0.15) is 5.82 Å². The van der Waals surface area contributed by atoms with Crippen LogP contribution in [0.5, 0.6) is 0 Å². The SMILES string of the molecule is Cc1c(C(=O)NCCN2CCNCC2)sc2ccc(F)cc12.Cl. The summed E-state index contributed by atoms with van der Waals surface area (Å²) in [6.45, 7) is 7.45. The molecule has 0 unspecified atom stereocenters. The van der Waals surface area contributed by atoms with E-state index in [1.807, 2.05) is 6.92 Å². The van der Waals surface area contributed by atoms with Crippen molar-refractivity contribution >= 4 is 39.7 Å². The van der Waals surface area contributed by atoms with Crippen molar-refractivity contribution in [2.45, 2.75) is 6.92 Å². The third kappa shape index (κ3) is 4.20. The summed E-state index contributed by atoms with van der Waals surface area (Å²) in [5.41, 5.74) is 0.860. The van der Waals surface area contributed by atoms with Crippen molar-refractivity contribution in [2.75, 3.05) is 39.3 Å². The molecular formula is C16H21ClFN3OS. The Morgan fingerprint density at radius 1 is 1.39 bits per heavy atom. The second-order valence-corrected chi connectivity index (χ2v) is 6.60. The van der Waals surface area contributed by atoms with Crippen LogP contribution >= 0.6 is 23.7 Å². The molecule has 0 aliphatic carbocycles. The molecule has 1 aliphatic heterocycles. The molecule has 1 saturated heterocycles. The zero-order chi connectivity index (χ0) is 15.5. The smallest absolute Gasteiger partial charge is 0.261 e. The monoisotopic (exact) mass is 357 g/mol. The molecule has 2 N–H and O–H groups in total. The zero-order valence-electron chi connectivity index (χ0n) is 13.0. The Morgan fingerprint density at radius 2 is 2.13 bits per heavy atom. The summed E-state index contributed by atoms with van der Waals surface area (Å²) in [7, 11) is 0. The standard InChI is InChI=1S/C16H20FN3OS.ClH/c1-11-13-10-12(17)2-3-14(13)22-15(11)16(21)19-6-9-20-7-4-18-5-8-20;/h2-3,10,18H,4-9H2,1H3,(H,19,21);1H. The number of aryl methyl sites for hydroxylation is 1. The van der Waals surface area contributed by atoms with Crippen molar-refractivity contribution in [3.05, 3.63) is 34.5 Å². The number of nitrogens with one attached hydrogen (secondary N) is 2. The number of piperazine rings is 1. The number of halogens is 2. The highest BCUT2D eigenvalue weighted by Gasteiger charge is 2.16. The lowest BCUT2D eigenvalue weighted by molar-refractivity contribution is 0.0951. The van der Waals surface area contributed by atoms with Crippen LogP contribution in [0.1, 0.15) is 15.2 Å². The summed E-state index contributed by atoms with van der Waals surface area (Å²) in [6.07, 6.45) is 0. The van der Waals surface area contributed by atoms with E-state index in [0.717, 1.165) is 48.4 Å². The Balaban J connectivity index is 0.00000192. The normalized spacial score (nSPS) is 15.4. The van der Waals surface area contributed by atoms with Gasteiger partial charge < -0.3 is 10.6 Å². The molecule has 3 rings (SSSR count). The number of rotatable bonds is 4. The van der Waals surface area contributed by atoms with Crippen LogP contribution in [0.25, 0.3) is 10.1 Å². The molecule has 0 radical (unpaired) electrons. The van der Waals surface area contributed by atoms with E-state index in [0.29, 0.717) is 11.4 Å². The molecule has 23 heavy (non-hydrogen) atoms. The number of hydrogen-bond acceptors (Lipinski definition) is 4. The number of nitrogens with zero attached hydrogens (tertiary/aromatic N) is 1. The number of amides is 1. The molecule has 0 spiro atoms. The first-order valence-corrected chi connectivity index (χ1v) is 8.37. The molecule has 1 amide bonds. The predicted octanol–water partition coefficient (Wildman–Crippen LogP) is 2.41. The minimum atomic E-state index is -0.265. The van der Waals surface area contributed by atoms with Gasteiger partial charge in [0.05, 0.1) is 4.88 Å². The fourth-order valence-electron chi connectivity index (χ4n) is 2.75. The molecule has 1 aromatic carbocycles. The average molecular weight is 358 g/mol. The van der Waals surface area contributed by atoms with Crippen molar-refractivity contribution in [3.8, 4) is 0 Å². The number of benzene rings is 1. The Hall–Kier alpha value is -1.21. The van der Waals surface area contributed by atoms with E-state index in [4.69, 9.17) is 0 Å². The van der Waals surface area contributed by atoms with Crippen molar-refractivity contribution in [1.82, 2.24) is 15.5 Å². The minimum absolute atomic E-state index is 0. The van der Waals surface area contributed by atoms with Crippen LogP contribution in [0.15, 0.2) is 18.2 Å². The lowest BCUT2D eigenvalue weighted by Gasteiger charge is -2.27. The van der Waals surface area contributed by atoms with E-state index in [2.05, 4.69) is 15.5 Å². The van der Waals surface area contributed by atoms with Gasteiger partial charge in [-0.15, -0.1) is 23.7 Å². The largest absolute Gasteiger partial charge is 0.350 e. The van der Waals surface area contributed by atoms with E-state index >= 15 is 0 Å². The van der Waals surface area contributed by atoms with Crippen molar-refractivity contribution < 1.29 is 9.18 Å². The fraction of sp³-hybridized carbons (Fsp3) is 0.438. The molecule has 0 saturated carbocycles. The summed E-state index contributed by atoms with van der Waals surface area (Å²) in [5, 5.41) is 7.12. The molecule has 7 heteroatoms. The lowest BCUT2D eigenvalue weighted by atomic mass is 10.1. The van der Waals surface area contributed by atoms with Crippen LogP contribution in [0.3, 0.4) is 0 Å². The van der Waals surface area contributed by atoms with Gasteiger partial charge in [0.15, 0.2) is 0 Å². The third-order valence-corrected chi connectivity index (χ3v) is 5.30. The molecule has 4 nitrogen and oxygen atoms in total. The van der Waals surface area contributed by atoms with Crippen molar-refractivity contribution in [3.63, 3.8) is 0 Å². The van der Waals surface area contributed by atoms with Crippen LogP contribution in [0.2, 0.25) is 0 Å². The number of carbonyl (C=O) groups is 1. The zero-order valence-corrected chi connectivity index (χ0v) is 14.7. The van der Waals surface area contributed by atoms with E-state index in [9.17, 15) is 9.18 Å². The van der Waals surface area contributed by atoms with E-state index in [1.165, 1.54) is 23.5 Å². The van der Waals surface area contributed by atoms with Crippen molar-refractivity contribution in [2.24, 2.45) is 0 Å². The highest BCUT2D eigenvalue weighted by molar-refractivity contribution is 7.21. The Labute approximate surface area is 145 Å². The van der Waals surface area contributed by atoms with Gasteiger partial charge >= 0.3 is 0 Å². The second-order valence-electron chi connectivity index (χ2n) is 5.54. The fourth-order valence-corrected chi connectivity index (χ4v) is 3.86. The summed E-state index contributed by atoms with van der Waals surface area (Å²) in [5.74, 6) is -0.326. The minimum Gasteiger partial charge on any atom is -0.350 e. The molecule has 2 aromatic rings. The van der Waals surface area contributed by atoms with Gasteiger partial charge in [-0.05, 0) is 36.1 Å². The first kappa shape index (κ1) is 18.1. The molecular weight excluding hydrogens is 337 g/mol. The van der Waals surface area contributed by atoms with Gasteiger partial charge in [-0.25, -0.2) is 4.39 Å². The van der Waals surface area contributed by atoms with Gasteiger partial charge in [-0.1, -0.05) is 0 Å². The number of fused-ring (bicyclic) bond motifs is 1. The number of thiophene rings is 1. The van der Waals surface area contributed by atoms with Crippen LogP contribution in [-0.2, 0) is 0 Å². The first-order chi connectivity index (χ1) is 10.6. The van der Waals surface area contributed by atoms with Gasteiger partial charge in [-0.3, -0.25) is 9.69 Å². The Bertz CT molecular complexity index is 685. The molecule has 0 bridgehead atoms. The molecule has 2 heterocycles. The maximum absolute atomic E-state index is 13.3. The van der Waals surface area contributed by atoms with Crippen molar-refractivity contribution in [1.29, 1.82) is 0 Å². The maximum Gasteiger partial charge on any atom is 0.261 e. The van der Waals surface area contributed by atoms with Crippen LogP contribution < -0.4 is 10.6 Å². The van der Waals surface area contributed by atoms with Gasteiger partial charge in [-0.2, -0.15) is 0 Å². The molecule has 126 valence electrons. The molecule has 0 atom stereocenters. The molecule has 1 aliphatic rings. The lowest BCUT2D eigenvalue weighted by Crippen LogP contribution is -2.46. The van der Waals surface area contributed by atoms with Crippen LogP contribution in [0.4, 0.5) is 4.39 Å². The maximum atomic E-state index is 13.3. The van der Waals surface area contributed by atoms with Crippen LogP contribution in [-0.4, -0.2) is 50.1 Å². The second kappa shape index (κ2) is 8.06. The summed E-state index contributed by atoms with van der Waals surface area (Å²) < 4.78 is 14.3. The number of carbonyl (C=O) groups excluding carboxylic acids is 1. The average Bonchev–Trinajstić information content (AvgIpc) is 2.85. The van der Waals surface area contributed by atoms with Gasteiger partial charge in [0, 0.05) is 44.0 Å². The molecule has 1 fully saturated rings. The Kier molecular flexibility index (Phi) is 6.35. The topological polar surface area (TPSA) is 44.4 Å². The summed E-state index contributed by atoms with van der Waals surface area (Å²) in [6, 6.07) is 4.67. The van der Waals surface area contributed by atoms with E-state index < -0.39 is 0 Å². The van der Waals surface area contributed by atoms with Crippen LogP contribution in [0, 0.1) is 12.7 Å². The number of hydrogen-bond donors (Lipinski definition) is 2.